The molecule has 0 saturated carbocycles. The van der Waals surface area contributed by atoms with Gasteiger partial charge in [-0.2, -0.15) is 0 Å². The number of rotatable bonds is 4. The zero-order valence-electron chi connectivity index (χ0n) is 6.59. The topological polar surface area (TPSA) is 52.3 Å². The molecule has 3 heteroatoms. The van der Waals surface area contributed by atoms with Crippen LogP contribution in [0, 0.1) is 0 Å². The molecule has 0 rings (SSSR count). The van der Waals surface area contributed by atoms with Crippen LogP contribution < -0.4 is 5.73 Å². The van der Waals surface area contributed by atoms with Crippen LogP contribution >= 0.6 is 0 Å². The van der Waals surface area contributed by atoms with Gasteiger partial charge in [0, 0.05) is 6.42 Å². The average Bonchev–Trinajstić information content (AvgIpc) is 1.82. The Morgan fingerprint density at radius 3 is 2.70 bits per heavy atom. The first kappa shape index (κ1) is 9.43. The molecular weight excluding hydrogens is 130 g/mol. The third kappa shape index (κ3) is 5.56. The summed E-state index contributed by atoms with van der Waals surface area (Å²) in [6.45, 7) is 3.67. The first-order chi connectivity index (χ1) is 4.66. The van der Waals surface area contributed by atoms with E-state index in [4.69, 9.17) is 10.5 Å². The molecule has 0 fully saturated rings. The first-order valence-electron chi connectivity index (χ1n) is 3.62. The predicted octanol–water partition coefficient (Wildman–Crippen LogP) is 1.02. The summed E-state index contributed by atoms with van der Waals surface area (Å²) in [5, 5.41) is 0. The minimum atomic E-state index is -0.468. The lowest BCUT2D eigenvalue weighted by Crippen LogP contribution is -2.23. The Kier molecular flexibility index (Phi) is 4.94. The highest BCUT2D eigenvalue weighted by Gasteiger charge is 2.02. The van der Waals surface area contributed by atoms with Crippen molar-refractivity contribution < 1.29 is 9.53 Å². The van der Waals surface area contributed by atoms with E-state index in [0.29, 0.717) is 6.42 Å². The fourth-order valence-corrected chi connectivity index (χ4v) is 0.587. The number of hydrogen-bond acceptors (Lipinski definition) is 3. The van der Waals surface area contributed by atoms with Gasteiger partial charge in [-0.1, -0.05) is 13.3 Å². The fourth-order valence-electron chi connectivity index (χ4n) is 0.587. The Morgan fingerprint density at radius 2 is 2.30 bits per heavy atom. The Bertz CT molecular complexity index is 102. The van der Waals surface area contributed by atoms with Crippen molar-refractivity contribution in [2.24, 2.45) is 5.73 Å². The van der Waals surface area contributed by atoms with Crippen molar-refractivity contribution in [2.45, 2.75) is 39.3 Å². The molecule has 0 bridgehead atoms. The van der Waals surface area contributed by atoms with Crippen LogP contribution in [0.25, 0.3) is 0 Å². The number of ether oxygens (including phenoxy) is 1. The Balaban J connectivity index is 3.26. The van der Waals surface area contributed by atoms with Gasteiger partial charge in [-0.15, -0.1) is 0 Å². The maximum Gasteiger partial charge on any atom is 0.307 e. The Hall–Kier alpha value is -0.570. The second kappa shape index (κ2) is 5.23. The SMILES string of the molecule is CCCCC(=O)O[C@H](C)N. The number of carbonyl (C=O) groups is 1. The van der Waals surface area contributed by atoms with Crippen molar-refractivity contribution in [3.8, 4) is 0 Å². The Labute approximate surface area is 61.5 Å². The smallest absolute Gasteiger partial charge is 0.307 e. The molecule has 0 aliphatic carbocycles. The summed E-state index contributed by atoms with van der Waals surface area (Å²) >= 11 is 0. The van der Waals surface area contributed by atoms with E-state index >= 15 is 0 Å². The van der Waals surface area contributed by atoms with Gasteiger partial charge in [0.25, 0.3) is 0 Å². The van der Waals surface area contributed by atoms with Gasteiger partial charge >= 0.3 is 5.97 Å². The van der Waals surface area contributed by atoms with Crippen LogP contribution in [0.4, 0.5) is 0 Å². The van der Waals surface area contributed by atoms with Gasteiger partial charge in [0.05, 0.1) is 0 Å². The fraction of sp³-hybridized carbons (Fsp3) is 0.857. The van der Waals surface area contributed by atoms with Crippen molar-refractivity contribution >= 4 is 5.97 Å². The van der Waals surface area contributed by atoms with Crippen LogP contribution in [0.2, 0.25) is 0 Å². The third-order valence-electron chi connectivity index (χ3n) is 1.05. The van der Waals surface area contributed by atoms with Crippen molar-refractivity contribution in [1.29, 1.82) is 0 Å². The van der Waals surface area contributed by atoms with Crippen molar-refractivity contribution in [1.82, 2.24) is 0 Å². The highest BCUT2D eigenvalue weighted by atomic mass is 16.5. The summed E-state index contributed by atoms with van der Waals surface area (Å²) in [4.78, 5) is 10.7. The maximum atomic E-state index is 10.7. The summed E-state index contributed by atoms with van der Waals surface area (Å²) in [5.41, 5.74) is 5.22. The monoisotopic (exact) mass is 145 g/mol. The summed E-state index contributed by atoms with van der Waals surface area (Å²) in [6, 6.07) is 0. The van der Waals surface area contributed by atoms with Crippen LogP contribution in [0.15, 0.2) is 0 Å². The molecule has 0 aromatic heterocycles. The van der Waals surface area contributed by atoms with Gasteiger partial charge in [-0.25, -0.2) is 0 Å². The summed E-state index contributed by atoms with van der Waals surface area (Å²) < 4.78 is 4.69. The molecule has 0 spiro atoms. The lowest BCUT2D eigenvalue weighted by atomic mass is 10.2. The molecule has 0 unspecified atom stereocenters. The zero-order valence-corrected chi connectivity index (χ0v) is 6.59. The van der Waals surface area contributed by atoms with Crippen molar-refractivity contribution in [2.75, 3.05) is 0 Å². The minimum Gasteiger partial charge on any atom is -0.447 e. The highest BCUT2D eigenvalue weighted by molar-refractivity contribution is 5.69. The lowest BCUT2D eigenvalue weighted by Gasteiger charge is -2.06. The number of carbonyl (C=O) groups excluding carboxylic acids is 1. The molecule has 0 amide bonds. The molecular formula is C7H15NO2. The van der Waals surface area contributed by atoms with Crippen molar-refractivity contribution in [3.63, 3.8) is 0 Å². The predicted molar refractivity (Wildman–Crippen MR) is 39.3 cm³/mol. The standard InChI is InChI=1S/C7H15NO2/c1-3-4-5-7(9)10-6(2)8/h6H,3-5,8H2,1-2H3/t6-/m1/s1. The molecule has 10 heavy (non-hydrogen) atoms. The zero-order chi connectivity index (χ0) is 7.98. The van der Waals surface area contributed by atoms with Crippen LogP contribution in [-0.4, -0.2) is 12.2 Å². The van der Waals surface area contributed by atoms with Gasteiger partial charge in [-0.3, -0.25) is 10.5 Å². The number of esters is 1. The molecule has 1 atom stereocenters. The summed E-state index contributed by atoms with van der Waals surface area (Å²) in [5.74, 6) is -0.197. The van der Waals surface area contributed by atoms with E-state index in [0.717, 1.165) is 12.8 Å². The molecule has 3 nitrogen and oxygen atoms in total. The second-order valence-corrected chi connectivity index (χ2v) is 2.30. The van der Waals surface area contributed by atoms with E-state index in [1.807, 2.05) is 6.92 Å². The van der Waals surface area contributed by atoms with E-state index in [1.54, 1.807) is 6.92 Å². The van der Waals surface area contributed by atoms with E-state index in [-0.39, 0.29) is 5.97 Å². The Morgan fingerprint density at radius 1 is 1.70 bits per heavy atom. The molecule has 0 aromatic rings. The van der Waals surface area contributed by atoms with Gasteiger partial charge in [0.15, 0.2) is 0 Å². The quantitative estimate of drug-likeness (QED) is 0.474. The number of unbranched alkanes of at least 4 members (excludes halogenated alkanes) is 1. The summed E-state index contributed by atoms with van der Waals surface area (Å²) in [6.07, 6.45) is 1.90. The van der Waals surface area contributed by atoms with Crippen LogP contribution in [0.3, 0.4) is 0 Å². The molecule has 0 heterocycles. The maximum absolute atomic E-state index is 10.7. The van der Waals surface area contributed by atoms with Gasteiger partial charge in [0.1, 0.15) is 6.23 Å². The second-order valence-electron chi connectivity index (χ2n) is 2.30. The van der Waals surface area contributed by atoms with E-state index in [2.05, 4.69) is 0 Å². The molecule has 0 aromatic carbocycles. The van der Waals surface area contributed by atoms with Crippen LogP contribution in [-0.2, 0) is 9.53 Å². The normalized spacial score (nSPS) is 12.7. The largest absolute Gasteiger partial charge is 0.447 e. The highest BCUT2D eigenvalue weighted by Crippen LogP contribution is 1.96. The van der Waals surface area contributed by atoms with E-state index < -0.39 is 6.23 Å². The van der Waals surface area contributed by atoms with E-state index in [9.17, 15) is 4.79 Å². The van der Waals surface area contributed by atoms with Crippen LogP contribution in [0.5, 0.6) is 0 Å². The molecule has 0 aliphatic heterocycles. The molecule has 0 radical (unpaired) electrons. The number of hydrogen-bond donors (Lipinski definition) is 1. The lowest BCUT2D eigenvalue weighted by molar-refractivity contribution is -0.148. The van der Waals surface area contributed by atoms with E-state index in [1.165, 1.54) is 0 Å². The van der Waals surface area contributed by atoms with Crippen molar-refractivity contribution in [3.05, 3.63) is 0 Å². The van der Waals surface area contributed by atoms with Gasteiger partial charge < -0.3 is 4.74 Å². The molecule has 2 N–H and O–H groups in total. The van der Waals surface area contributed by atoms with Gasteiger partial charge in [0.2, 0.25) is 0 Å². The number of nitrogens with two attached hydrogens (primary N) is 1. The average molecular weight is 145 g/mol. The molecule has 60 valence electrons. The molecule has 0 aliphatic rings. The van der Waals surface area contributed by atoms with Crippen LogP contribution in [0.1, 0.15) is 33.1 Å². The first-order valence-corrected chi connectivity index (χ1v) is 3.62. The third-order valence-corrected chi connectivity index (χ3v) is 1.05. The van der Waals surface area contributed by atoms with Gasteiger partial charge in [-0.05, 0) is 13.3 Å². The molecule has 0 saturated heterocycles. The summed E-state index contributed by atoms with van der Waals surface area (Å²) in [7, 11) is 0. The minimum absolute atomic E-state index is 0.197.